The van der Waals surface area contributed by atoms with Crippen LogP contribution in [-0.2, 0) is 0 Å². The molecule has 1 aromatic carbocycles. The lowest BCUT2D eigenvalue weighted by Gasteiger charge is -2.05. The molecule has 0 saturated carbocycles. The normalized spacial score (nSPS) is 10.4. The summed E-state index contributed by atoms with van der Waals surface area (Å²) in [7, 11) is 0. The standard InChI is InChI=1S/C12H11BrN2O3/c1-6-7(2)15-18-12(6)14-11(17)9-5-8(13)3-4-10(9)16/h3-5,16H,1-2H3,(H,14,17). The van der Waals surface area contributed by atoms with E-state index in [0.717, 1.165) is 5.56 Å². The Kier molecular flexibility index (Phi) is 3.38. The van der Waals surface area contributed by atoms with Gasteiger partial charge in [-0.2, -0.15) is 0 Å². The number of carbonyl (C=O) groups excluding carboxylic acids is 1. The Hall–Kier alpha value is -1.82. The van der Waals surface area contributed by atoms with Crippen molar-refractivity contribution < 1.29 is 14.4 Å². The highest BCUT2D eigenvalue weighted by molar-refractivity contribution is 9.10. The average Bonchev–Trinajstić information content (AvgIpc) is 2.64. The number of carbonyl (C=O) groups is 1. The van der Waals surface area contributed by atoms with Gasteiger partial charge in [-0.25, -0.2) is 0 Å². The first-order valence-electron chi connectivity index (χ1n) is 5.22. The molecule has 1 heterocycles. The van der Waals surface area contributed by atoms with Crippen molar-refractivity contribution in [3.05, 3.63) is 39.5 Å². The van der Waals surface area contributed by atoms with Crippen molar-refractivity contribution >= 4 is 27.7 Å². The molecule has 2 N–H and O–H groups in total. The number of benzene rings is 1. The van der Waals surface area contributed by atoms with Crippen LogP contribution in [0, 0.1) is 13.8 Å². The summed E-state index contributed by atoms with van der Waals surface area (Å²) in [4.78, 5) is 12.0. The first-order valence-corrected chi connectivity index (χ1v) is 6.01. The highest BCUT2D eigenvalue weighted by atomic mass is 79.9. The van der Waals surface area contributed by atoms with Gasteiger partial charge in [-0.15, -0.1) is 0 Å². The lowest BCUT2D eigenvalue weighted by molar-refractivity contribution is 0.102. The predicted octanol–water partition coefficient (Wildman–Crippen LogP) is 3.01. The van der Waals surface area contributed by atoms with Crippen molar-refractivity contribution in [2.45, 2.75) is 13.8 Å². The van der Waals surface area contributed by atoms with Crippen molar-refractivity contribution in [1.29, 1.82) is 0 Å². The van der Waals surface area contributed by atoms with Crippen molar-refractivity contribution in [3.8, 4) is 5.75 Å². The molecule has 18 heavy (non-hydrogen) atoms. The highest BCUT2D eigenvalue weighted by Gasteiger charge is 2.16. The van der Waals surface area contributed by atoms with Crippen LogP contribution >= 0.6 is 15.9 Å². The lowest BCUT2D eigenvalue weighted by Crippen LogP contribution is -2.12. The Labute approximate surface area is 112 Å². The number of hydrogen-bond acceptors (Lipinski definition) is 4. The van der Waals surface area contributed by atoms with Gasteiger partial charge in [0.05, 0.1) is 11.3 Å². The summed E-state index contributed by atoms with van der Waals surface area (Å²) in [5.74, 6) is -0.255. The van der Waals surface area contributed by atoms with Gasteiger partial charge >= 0.3 is 0 Å². The van der Waals surface area contributed by atoms with Gasteiger partial charge in [-0.05, 0) is 32.0 Å². The van der Waals surface area contributed by atoms with Gasteiger partial charge in [0.15, 0.2) is 0 Å². The van der Waals surface area contributed by atoms with E-state index in [1.54, 1.807) is 19.9 Å². The van der Waals surface area contributed by atoms with Crippen LogP contribution in [0.3, 0.4) is 0 Å². The summed E-state index contributed by atoms with van der Waals surface area (Å²) in [5, 5.41) is 15.9. The van der Waals surface area contributed by atoms with Crippen LogP contribution < -0.4 is 5.32 Å². The number of nitrogens with zero attached hydrogens (tertiary/aromatic N) is 1. The second kappa shape index (κ2) is 4.81. The minimum Gasteiger partial charge on any atom is -0.507 e. The van der Waals surface area contributed by atoms with Gasteiger partial charge in [0.1, 0.15) is 5.75 Å². The van der Waals surface area contributed by atoms with E-state index in [-0.39, 0.29) is 17.2 Å². The Bertz CT molecular complexity index is 607. The van der Waals surface area contributed by atoms with E-state index < -0.39 is 5.91 Å². The maximum Gasteiger partial charge on any atom is 0.261 e. The highest BCUT2D eigenvalue weighted by Crippen LogP contribution is 2.24. The molecule has 0 fully saturated rings. The summed E-state index contributed by atoms with van der Waals surface area (Å²) in [6.07, 6.45) is 0. The van der Waals surface area contributed by atoms with Crippen LogP contribution in [0.15, 0.2) is 27.2 Å². The molecule has 0 unspecified atom stereocenters. The molecular formula is C12H11BrN2O3. The Morgan fingerprint density at radius 3 is 2.78 bits per heavy atom. The maximum absolute atomic E-state index is 12.0. The van der Waals surface area contributed by atoms with Gasteiger partial charge in [0, 0.05) is 10.0 Å². The van der Waals surface area contributed by atoms with E-state index in [1.807, 2.05) is 0 Å². The largest absolute Gasteiger partial charge is 0.507 e. The summed E-state index contributed by atoms with van der Waals surface area (Å²) in [6, 6.07) is 4.62. The van der Waals surface area contributed by atoms with Crippen LogP contribution in [-0.4, -0.2) is 16.2 Å². The van der Waals surface area contributed by atoms with Crippen LogP contribution in [0.5, 0.6) is 5.75 Å². The number of aromatic nitrogens is 1. The Balaban J connectivity index is 2.27. The van der Waals surface area contributed by atoms with E-state index in [0.29, 0.717) is 10.2 Å². The number of hydrogen-bond donors (Lipinski definition) is 2. The van der Waals surface area contributed by atoms with Crippen LogP contribution in [0.1, 0.15) is 21.6 Å². The number of aromatic hydroxyl groups is 1. The van der Waals surface area contributed by atoms with Gasteiger partial charge in [0.2, 0.25) is 5.88 Å². The van der Waals surface area contributed by atoms with E-state index in [4.69, 9.17) is 4.52 Å². The number of aryl methyl sites for hydroxylation is 1. The second-order valence-electron chi connectivity index (χ2n) is 3.84. The topological polar surface area (TPSA) is 75.4 Å². The van der Waals surface area contributed by atoms with Gasteiger partial charge < -0.3 is 9.63 Å². The maximum atomic E-state index is 12.0. The van der Waals surface area contributed by atoms with Crippen molar-refractivity contribution in [2.75, 3.05) is 5.32 Å². The summed E-state index contributed by atoms with van der Waals surface area (Å²) >= 11 is 3.24. The van der Waals surface area contributed by atoms with Crippen LogP contribution in [0.4, 0.5) is 5.88 Å². The van der Waals surface area contributed by atoms with Crippen LogP contribution in [0.25, 0.3) is 0 Å². The zero-order valence-electron chi connectivity index (χ0n) is 9.82. The number of phenolic OH excluding ortho intramolecular Hbond substituents is 1. The molecule has 2 aromatic rings. The monoisotopic (exact) mass is 310 g/mol. The van der Waals surface area contributed by atoms with Crippen LogP contribution in [0.2, 0.25) is 0 Å². The fourth-order valence-electron chi connectivity index (χ4n) is 1.39. The number of anilines is 1. The zero-order chi connectivity index (χ0) is 13.3. The minimum atomic E-state index is -0.451. The Morgan fingerprint density at radius 1 is 1.44 bits per heavy atom. The number of nitrogens with one attached hydrogen (secondary N) is 1. The third-order valence-corrected chi connectivity index (χ3v) is 3.08. The Morgan fingerprint density at radius 2 is 2.17 bits per heavy atom. The zero-order valence-corrected chi connectivity index (χ0v) is 11.4. The quantitative estimate of drug-likeness (QED) is 0.894. The van der Waals surface area contributed by atoms with Crippen molar-refractivity contribution in [1.82, 2.24) is 5.16 Å². The molecule has 1 amide bonds. The molecule has 6 heteroatoms. The molecule has 0 radical (unpaired) electrons. The molecule has 2 rings (SSSR count). The minimum absolute atomic E-state index is 0.0930. The molecule has 5 nitrogen and oxygen atoms in total. The average molecular weight is 311 g/mol. The fourth-order valence-corrected chi connectivity index (χ4v) is 1.75. The molecule has 0 aliphatic rings. The number of phenols is 1. The molecule has 1 aromatic heterocycles. The molecule has 0 atom stereocenters. The molecule has 94 valence electrons. The van der Waals surface area contributed by atoms with E-state index in [1.165, 1.54) is 12.1 Å². The second-order valence-corrected chi connectivity index (χ2v) is 4.75. The third-order valence-electron chi connectivity index (χ3n) is 2.59. The van der Waals surface area contributed by atoms with E-state index in [9.17, 15) is 9.90 Å². The predicted molar refractivity (Wildman–Crippen MR) is 69.7 cm³/mol. The summed E-state index contributed by atoms with van der Waals surface area (Å²) in [6.45, 7) is 3.58. The summed E-state index contributed by atoms with van der Waals surface area (Å²) < 4.78 is 5.69. The third kappa shape index (κ3) is 2.38. The summed E-state index contributed by atoms with van der Waals surface area (Å²) in [5.41, 5.74) is 1.64. The number of amides is 1. The van der Waals surface area contributed by atoms with Gasteiger partial charge in [0.25, 0.3) is 5.91 Å². The number of rotatable bonds is 2. The first-order chi connectivity index (χ1) is 8.49. The SMILES string of the molecule is Cc1noc(NC(=O)c2cc(Br)ccc2O)c1C. The molecule has 0 aliphatic carbocycles. The molecule has 0 saturated heterocycles. The fraction of sp³-hybridized carbons (Fsp3) is 0.167. The van der Waals surface area contributed by atoms with E-state index in [2.05, 4.69) is 26.4 Å². The lowest BCUT2D eigenvalue weighted by atomic mass is 10.2. The molecule has 0 bridgehead atoms. The van der Waals surface area contributed by atoms with Crippen molar-refractivity contribution in [3.63, 3.8) is 0 Å². The van der Waals surface area contributed by atoms with E-state index >= 15 is 0 Å². The van der Waals surface area contributed by atoms with Gasteiger partial charge in [-0.1, -0.05) is 21.1 Å². The van der Waals surface area contributed by atoms with Gasteiger partial charge in [-0.3, -0.25) is 10.1 Å². The molecular weight excluding hydrogens is 300 g/mol. The molecule has 0 aliphatic heterocycles. The smallest absolute Gasteiger partial charge is 0.261 e. The molecule has 0 spiro atoms. The van der Waals surface area contributed by atoms with Crippen molar-refractivity contribution in [2.24, 2.45) is 0 Å². The number of halogens is 1. The first kappa shape index (κ1) is 12.6.